The van der Waals surface area contributed by atoms with E-state index in [0.717, 1.165) is 6.42 Å². The second-order valence-corrected chi connectivity index (χ2v) is 3.30. The molecule has 2 aliphatic rings. The average molecular weight is 138 g/mol. The molecule has 10 heavy (non-hydrogen) atoms. The molecule has 3 atom stereocenters. The van der Waals surface area contributed by atoms with Gasteiger partial charge in [-0.3, -0.25) is 0 Å². The summed E-state index contributed by atoms with van der Waals surface area (Å²) in [5.41, 5.74) is -1.01. The Morgan fingerprint density at radius 2 is 2.40 bits per heavy atom. The van der Waals surface area contributed by atoms with Crippen LogP contribution in [0.25, 0.3) is 0 Å². The van der Waals surface area contributed by atoms with E-state index in [1.54, 1.807) is 0 Å². The third-order valence-electron chi connectivity index (χ3n) is 2.61. The van der Waals surface area contributed by atoms with E-state index in [4.69, 9.17) is 0 Å². The van der Waals surface area contributed by atoms with Crippen LogP contribution in [0.1, 0.15) is 12.8 Å². The number of aldehydes is 1. The van der Waals surface area contributed by atoms with Gasteiger partial charge in [0.1, 0.15) is 5.60 Å². The van der Waals surface area contributed by atoms with Crippen molar-refractivity contribution in [1.29, 1.82) is 0 Å². The minimum Gasteiger partial charge on any atom is -0.382 e. The lowest BCUT2D eigenvalue weighted by molar-refractivity contribution is -0.126. The summed E-state index contributed by atoms with van der Waals surface area (Å²) in [6.45, 7) is 0. The first-order valence-electron chi connectivity index (χ1n) is 3.61. The molecule has 2 rings (SSSR count). The van der Waals surface area contributed by atoms with Crippen molar-refractivity contribution in [3.8, 4) is 0 Å². The average Bonchev–Trinajstić information content (AvgIpc) is 2.46. The van der Waals surface area contributed by atoms with Crippen molar-refractivity contribution in [2.45, 2.75) is 18.4 Å². The molecule has 0 aromatic rings. The lowest BCUT2D eigenvalue weighted by Gasteiger charge is -2.22. The molecule has 0 aromatic carbocycles. The summed E-state index contributed by atoms with van der Waals surface area (Å²) in [5, 5.41) is 9.57. The molecule has 1 saturated carbocycles. The Balaban J connectivity index is 2.30. The smallest absolute Gasteiger partial charge is 0.152 e. The maximum atomic E-state index is 10.4. The van der Waals surface area contributed by atoms with Crippen molar-refractivity contribution in [2.75, 3.05) is 0 Å². The Labute approximate surface area is 59.5 Å². The second-order valence-electron chi connectivity index (χ2n) is 3.30. The summed E-state index contributed by atoms with van der Waals surface area (Å²) < 4.78 is 0. The van der Waals surface area contributed by atoms with Gasteiger partial charge in [0.15, 0.2) is 6.29 Å². The van der Waals surface area contributed by atoms with E-state index < -0.39 is 5.60 Å². The van der Waals surface area contributed by atoms with E-state index in [-0.39, 0.29) is 5.92 Å². The molecule has 0 heterocycles. The van der Waals surface area contributed by atoms with Gasteiger partial charge in [0.25, 0.3) is 0 Å². The summed E-state index contributed by atoms with van der Waals surface area (Å²) in [6.07, 6.45) is 6.36. The Hall–Kier alpha value is -0.630. The summed E-state index contributed by atoms with van der Waals surface area (Å²) in [7, 11) is 0. The molecule has 0 saturated heterocycles. The van der Waals surface area contributed by atoms with Crippen molar-refractivity contribution >= 4 is 6.29 Å². The number of hydrogen-bond acceptors (Lipinski definition) is 2. The van der Waals surface area contributed by atoms with E-state index >= 15 is 0 Å². The fraction of sp³-hybridized carbons (Fsp3) is 0.625. The van der Waals surface area contributed by atoms with Gasteiger partial charge in [-0.25, -0.2) is 0 Å². The Kier molecular flexibility index (Phi) is 1.04. The number of allylic oxidation sites excluding steroid dienone is 1. The third kappa shape index (κ3) is 0.598. The van der Waals surface area contributed by atoms with Crippen molar-refractivity contribution in [3.63, 3.8) is 0 Å². The lowest BCUT2D eigenvalue weighted by Crippen LogP contribution is -2.34. The zero-order chi connectivity index (χ0) is 7.19. The number of aliphatic hydroxyl groups is 1. The Morgan fingerprint density at radius 1 is 1.60 bits per heavy atom. The quantitative estimate of drug-likeness (QED) is 0.423. The molecule has 0 aliphatic heterocycles. The molecule has 2 heteroatoms. The number of hydrogen-bond donors (Lipinski definition) is 1. The molecule has 1 N–H and O–H groups in total. The second kappa shape index (κ2) is 1.70. The van der Waals surface area contributed by atoms with E-state index in [2.05, 4.69) is 6.08 Å². The normalized spacial score (nSPS) is 50.1. The lowest BCUT2D eigenvalue weighted by atomic mass is 9.90. The van der Waals surface area contributed by atoms with Gasteiger partial charge in [-0.2, -0.15) is 0 Å². The summed E-state index contributed by atoms with van der Waals surface area (Å²) >= 11 is 0. The highest BCUT2D eigenvalue weighted by molar-refractivity contribution is 5.65. The third-order valence-corrected chi connectivity index (χ3v) is 2.61. The van der Waals surface area contributed by atoms with Gasteiger partial charge in [0, 0.05) is 5.92 Å². The predicted molar refractivity (Wildman–Crippen MR) is 36.4 cm³/mol. The highest BCUT2D eigenvalue weighted by Gasteiger charge is 2.46. The van der Waals surface area contributed by atoms with Gasteiger partial charge in [-0.1, -0.05) is 12.2 Å². The fourth-order valence-corrected chi connectivity index (χ4v) is 2.00. The monoisotopic (exact) mass is 138 g/mol. The van der Waals surface area contributed by atoms with Crippen LogP contribution < -0.4 is 0 Å². The molecule has 3 unspecified atom stereocenters. The molecule has 0 aromatic heterocycles. The molecule has 2 aliphatic carbocycles. The van der Waals surface area contributed by atoms with Crippen LogP contribution in [0, 0.1) is 11.8 Å². The van der Waals surface area contributed by atoms with Gasteiger partial charge >= 0.3 is 0 Å². The van der Waals surface area contributed by atoms with Crippen LogP contribution in [0.3, 0.4) is 0 Å². The van der Waals surface area contributed by atoms with Gasteiger partial charge in [0.2, 0.25) is 0 Å². The highest BCUT2D eigenvalue weighted by atomic mass is 16.3. The standard InChI is InChI=1S/C8H10O2/c9-5-8(10)4-6-1-2-7(8)3-6/h1-2,5-7,10H,3-4H2. The van der Waals surface area contributed by atoms with E-state index in [9.17, 15) is 9.90 Å². The first-order chi connectivity index (χ1) is 4.74. The zero-order valence-electron chi connectivity index (χ0n) is 5.66. The van der Waals surface area contributed by atoms with Crippen LogP contribution in [0.15, 0.2) is 12.2 Å². The molecule has 2 nitrogen and oxygen atoms in total. The van der Waals surface area contributed by atoms with Crippen LogP contribution in [-0.2, 0) is 4.79 Å². The largest absolute Gasteiger partial charge is 0.382 e. The summed E-state index contributed by atoms with van der Waals surface area (Å²) in [5.74, 6) is 0.565. The van der Waals surface area contributed by atoms with Gasteiger partial charge < -0.3 is 9.90 Å². The summed E-state index contributed by atoms with van der Waals surface area (Å²) in [4.78, 5) is 10.4. The fourth-order valence-electron chi connectivity index (χ4n) is 2.00. The van der Waals surface area contributed by atoms with E-state index in [1.807, 2.05) is 6.08 Å². The number of rotatable bonds is 1. The maximum Gasteiger partial charge on any atom is 0.152 e. The molecule has 0 spiro atoms. The van der Waals surface area contributed by atoms with E-state index in [0.29, 0.717) is 18.6 Å². The Morgan fingerprint density at radius 3 is 2.70 bits per heavy atom. The SMILES string of the molecule is O=CC1(O)CC2C=CC1C2. The molecule has 2 bridgehead atoms. The van der Waals surface area contributed by atoms with Gasteiger partial charge in [-0.15, -0.1) is 0 Å². The molecular weight excluding hydrogens is 128 g/mol. The zero-order valence-corrected chi connectivity index (χ0v) is 5.66. The van der Waals surface area contributed by atoms with Crippen LogP contribution >= 0.6 is 0 Å². The van der Waals surface area contributed by atoms with Crippen LogP contribution in [0.4, 0.5) is 0 Å². The van der Waals surface area contributed by atoms with Crippen molar-refractivity contribution in [1.82, 2.24) is 0 Å². The highest BCUT2D eigenvalue weighted by Crippen LogP contribution is 2.44. The first kappa shape index (κ1) is 6.10. The summed E-state index contributed by atoms with van der Waals surface area (Å²) in [6, 6.07) is 0. The number of fused-ring (bicyclic) bond motifs is 2. The topological polar surface area (TPSA) is 37.3 Å². The number of carbonyl (C=O) groups is 1. The van der Waals surface area contributed by atoms with E-state index in [1.165, 1.54) is 0 Å². The molecule has 54 valence electrons. The van der Waals surface area contributed by atoms with Crippen LogP contribution in [-0.4, -0.2) is 17.0 Å². The molecular formula is C8H10O2. The van der Waals surface area contributed by atoms with Gasteiger partial charge in [-0.05, 0) is 18.8 Å². The van der Waals surface area contributed by atoms with Crippen LogP contribution in [0.5, 0.6) is 0 Å². The van der Waals surface area contributed by atoms with Crippen molar-refractivity contribution in [3.05, 3.63) is 12.2 Å². The Bertz CT molecular complexity index is 197. The maximum absolute atomic E-state index is 10.4. The molecule has 0 radical (unpaired) electrons. The van der Waals surface area contributed by atoms with Crippen molar-refractivity contribution < 1.29 is 9.90 Å². The van der Waals surface area contributed by atoms with Crippen LogP contribution in [0.2, 0.25) is 0 Å². The predicted octanol–water partition coefficient (Wildman–Crippen LogP) is 0.512. The van der Waals surface area contributed by atoms with Gasteiger partial charge in [0.05, 0.1) is 0 Å². The first-order valence-corrected chi connectivity index (χ1v) is 3.61. The molecule has 0 amide bonds. The number of carbonyl (C=O) groups excluding carboxylic acids is 1. The minimum absolute atomic E-state index is 0.106. The van der Waals surface area contributed by atoms with Crippen molar-refractivity contribution in [2.24, 2.45) is 11.8 Å². The molecule has 1 fully saturated rings. The minimum atomic E-state index is -1.01.